The van der Waals surface area contributed by atoms with Gasteiger partial charge in [0.25, 0.3) is 0 Å². The van der Waals surface area contributed by atoms with Gasteiger partial charge in [0.05, 0.1) is 5.02 Å². The molecule has 0 atom stereocenters. The third-order valence-electron chi connectivity index (χ3n) is 5.69. The van der Waals surface area contributed by atoms with Crippen molar-refractivity contribution in [2.45, 2.75) is 24.5 Å². The van der Waals surface area contributed by atoms with Crippen LogP contribution in [0.2, 0.25) is 10.0 Å². The lowest BCUT2D eigenvalue weighted by Crippen LogP contribution is -2.30. The second-order valence-electron chi connectivity index (χ2n) is 8.24. The maximum Gasteiger partial charge on any atom is 0.247 e. The topological polar surface area (TPSA) is 83.6 Å². The summed E-state index contributed by atoms with van der Waals surface area (Å²) in [5.41, 5.74) is 9.77. The van der Waals surface area contributed by atoms with Gasteiger partial charge in [-0.05, 0) is 52.1 Å². The molecule has 4 aromatic carbocycles. The van der Waals surface area contributed by atoms with E-state index in [4.69, 9.17) is 28.9 Å². The van der Waals surface area contributed by atoms with Crippen molar-refractivity contribution >= 4 is 33.2 Å². The summed E-state index contributed by atoms with van der Waals surface area (Å²) in [5.74, 6) is -0.882. The standard InChI is InChI=1S/C27H23Cl2FN2O3S/c28-23-13-25(29)27(33)26(14-23)36(34,35)32(17-20-3-1-2-19(12-20)15-31)16-18-4-6-21(7-5-18)22-8-10-24(30)11-9-22/h1-14,33H,15-17,31H2. The van der Waals surface area contributed by atoms with Crippen LogP contribution in [-0.4, -0.2) is 17.8 Å². The smallest absolute Gasteiger partial charge is 0.247 e. The lowest BCUT2D eigenvalue weighted by Gasteiger charge is -2.24. The maximum atomic E-state index is 13.7. The molecule has 186 valence electrons. The molecular formula is C27H23Cl2FN2O3S. The van der Waals surface area contributed by atoms with Crippen molar-refractivity contribution in [1.82, 2.24) is 4.31 Å². The zero-order valence-electron chi connectivity index (χ0n) is 19.0. The summed E-state index contributed by atoms with van der Waals surface area (Å²) < 4.78 is 42.0. The van der Waals surface area contributed by atoms with Crippen LogP contribution in [0.15, 0.2) is 89.8 Å². The van der Waals surface area contributed by atoms with E-state index in [-0.39, 0.29) is 33.8 Å². The number of aromatic hydroxyl groups is 1. The second-order valence-corrected chi connectivity index (χ2v) is 11.0. The molecule has 0 fully saturated rings. The number of nitrogens with two attached hydrogens (primary N) is 1. The van der Waals surface area contributed by atoms with Gasteiger partial charge in [0, 0.05) is 24.7 Å². The Morgan fingerprint density at radius 1 is 0.806 bits per heavy atom. The summed E-state index contributed by atoms with van der Waals surface area (Å²) in [6.07, 6.45) is 0. The molecule has 0 aliphatic heterocycles. The lowest BCUT2D eigenvalue weighted by molar-refractivity contribution is 0.394. The Balaban J connectivity index is 1.70. The monoisotopic (exact) mass is 544 g/mol. The normalized spacial score (nSPS) is 11.7. The quantitative estimate of drug-likeness (QED) is 0.270. The number of nitrogens with zero attached hydrogens (tertiary/aromatic N) is 1. The minimum absolute atomic E-state index is 0.0163. The lowest BCUT2D eigenvalue weighted by atomic mass is 10.0. The minimum Gasteiger partial charge on any atom is -0.505 e. The van der Waals surface area contributed by atoms with E-state index in [1.807, 2.05) is 48.5 Å². The van der Waals surface area contributed by atoms with Gasteiger partial charge in [-0.25, -0.2) is 12.8 Å². The molecule has 0 radical (unpaired) electrons. The van der Waals surface area contributed by atoms with Crippen molar-refractivity contribution < 1.29 is 17.9 Å². The van der Waals surface area contributed by atoms with Crippen molar-refractivity contribution in [2.75, 3.05) is 0 Å². The molecule has 9 heteroatoms. The van der Waals surface area contributed by atoms with E-state index in [0.29, 0.717) is 12.1 Å². The molecular weight excluding hydrogens is 522 g/mol. The fourth-order valence-corrected chi connectivity index (χ4v) is 5.97. The third kappa shape index (κ3) is 5.88. The third-order valence-corrected chi connectivity index (χ3v) is 8.00. The zero-order valence-corrected chi connectivity index (χ0v) is 21.4. The first-order valence-electron chi connectivity index (χ1n) is 11.0. The molecule has 0 aliphatic carbocycles. The highest BCUT2D eigenvalue weighted by Gasteiger charge is 2.29. The van der Waals surface area contributed by atoms with E-state index in [1.165, 1.54) is 28.6 Å². The number of halogens is 3. The van der Waals surface area contributed by atoms with Gasteiger partial charge in [-0.15, -0.1) is 0 Å². The van der Waals surface area contributed by atoms with Gasteiger partial charge < -0.3 is 10.8 Å². The Labute approximate surface area is 219 Å². The van der Waals surface area contributed by atoms with Crippen LogP contribution >= 0.6 is 23.2 Å². The van der Waals surface area contributed by atoms with Crippen LogP contribution in [0.4, 0.5) is 4.39 Å². The molecule has 0 heterocycles. The van der Waals surface area contributed by atoms with Crippen molar-refractivity contribution in [3.05, 3.63) is 117 Å². The fourth-order valence-electron chi connectivity index (χ4n) is 3.81. The Hall–Kier alpha value is -2.94. The number of hydrogen-bond acceptors (Lipinski definition) is 4. The Kier molecular flexibility index (Phi) is 7.97. The highest BCUT2D eigenvalue weighted by molar-refractivity contribution is 7.89. The van der Waals surface area contributed by atoms with Gasteiger partial charge in [0.1, 0.15) is 10.7 Å². The number of benzene rings is 4. The van der Waals surface area contributed by atoms with Crippen LogP contribution in [0.3, 0.4) is 0 Å². The number of phenolic OH excluding ortho intramolecular Hbond substituents is 1. The summed E-state index contributed by atoms with van der Waals surface area (Å²) in [4.78, 5) is -0.377. The van der Waals surface area contributed by atoms with Gasteiger partial charge in [0.2, 0.25) is 10.0 Å². The zero-order chi connectivity index (χ0) is 25.9. The van der Waals surface area contributed by atoms with Gasteiger partial charge in [-0.3, -0.25) is 0 Å². The SMILES string of the molecule is NCc1cccc(CN(Cc2ccc(-c3ccc(F)cc3)cc2)S(=O)(=O)c2cc(Cl)cc(Cl)c2O)c1. The Morgan fingerprint density at radius 3 is 2.03 bits per heavy atom. The highest BCUT2D eigenvalue weighted by Crippen LogP contribution is 2.36. The van der Waals surface area contributed by atoms with Crippen molar-refractivity contribution in [1.29, 1.82) is 0 Å². The van der Waals surface area contributed by atoms with Crippen LogP contribution in [0.5, 0.6) is 5.75 Å². The molecule has 0 saturated carbocycles. The highest BCUT2D eigenvalue weighted by atomic mass is 35.5. The first kappa shape index (κ1) is 26.1. The molecule has 36 heavy (non-hydrogen) atoms. The van der Waals surface area contributed by atoms with E-state index in [2.05, 4.69) is 0 Å². The number of hydrogen-bond donors (Lipinski definition) is 2. The molecule has 0 spiro atoms. The minimum atomic E-state index is -4.22. The van der Waals surface area contributed by atoms with E-state index in [0.717, 1.165) is 22.3 Å². The summed E-state index contributed by atoms with van der Waals surface area (Å²) in [5, 5.41) is 10.4. The number of sulfonamides is 1. The molecule has 0 bridgehead atoms. The summed E-state index contributed by atoms with van der Waals surface area (Å²) in [7, 11) is -4.22. The summed E-state index contributed by atoms with van der Waals surface area (Å²) >= 11 is 12.1. The van der Waals surface area contributed by atoms with Crippen LogP contribution < -0.4 is 5.73 Å². The molecule has 4 rings (SSSR count). The first-order valence-corrected chi connectivity index (χ1v) is 13.2. The van der Waals surface area contributed by atoms with Crippen LogP contribution in [-0.2, 0) is 29.7 Å². The predicted molar refractivity (Wildman–Crippen MR) is 141 cm³/mol. The van der Waals surface area contributed by atoms with E-state index >= 15 is 0 Å². The predicted octanol–water partition coefficient (Wildman–Crippen LogP) is 6.35. The second kappa shape index (κ2) is 11.0. The molecule has 4 aromatic rings. The molecule has 0 unspecified atom stereocenters. The number of phenols is 1. The largest absolute Gasteiger partial charge is 0.505 e. The van der Waals surface area contributed by atoms with Crippen LogP contribution in [0.1, 0.15) is 16.7 Å². The van der Waals surface area contributed by atoms with Crippen molar-refractivity contribution in [3.63, 3.8) is 0 Å². The van der Waals surface area contributed by atoms with Gasteiger partial charge in [-0.1, -0.05) is 83.9 Å². The molecule has 0 saturated heterocycles. The van der Waals surface area contributed by atoms with E-state index in [9.17, 15) is 17.9 Å². The van der Waals surface area contributed by atoms with Gasteiger partial charge >= 0.3 is 0 Å². The Morgan fingerprint density at radius 2 is 1.39 bits per heavy atom. The molecule has 0 amide bonds. The van der Waals surface area contributed by atoms with Gasteiger partial charge in [0.15, 0.2) is 5.75 Å². The molecule has 0 aliphatic rings. The number of rotatable bonds is 8. The van der Waals surface area contributed by atoms with Gasteiger partial charge in [-0.2, -0.15) is 4.31 Å². The summed E-state index contributed by atoms with van der Waals surface area (Å²) in [6.45, 7) is 0.359. The van der Waals surface area contributed by atoms with E-state index in [1.54, 1.807) is 12.1 Å². The van der Waals surface area contributed by atoms with Crippen LogP contribution in [0.25, 0.3) is 11.1 Å². The first-order chi connectivity index (χ1) is 17.2. The molecule has 5 nitrogen and oxygen atoms in total. The van der Waals surface area contributed by atoms with Crippen molar-refractivity contribution in [3.8, 4) is 16.9 Å². The molecule has 0 aromatic heterocycles. The molecule has 3 N–H and O–H groups in total. The fraction of sp³-hybridized carbons (Fsp3) is 0.111. The van der Waals surface area contributed by atoms with Crippen molar-refractivity contribution in [2.24, 2.45) is 5.73 Å². The maximum absolute atomic E-state index is 13.7. The summed E-state index contributed by atoms with van der Waals surface area (Å²) in [6, 6.07) is 23.2. The van der Waals surface area contributed by atoms with E-state index < -0.39 is 15.8 Å². The van der Waals surface area contributed by atoms with Crippen LogP contribution in [0, 0.1) is 5.82 Å². The average Bonchev–Trinajstić information content (AvgIpc) is 2.87. The average molecular weight is 545 g/mol. The Bertz CT molecular complexity index is 1480.